The van der Waals surface area contributed by atoms with Crippen molar-refractivity contribution < 1.29 is 37.0 Å². The van der Waals surface area contributed by atoms with E-state index >= 15 is 0 Å². The summed E-state index contributed by atoms with van der Waals surface area (Å²) in [5.74, 6) is -1.87. The van der Waals surface area contributed by atoms with E-state index in [-0.39, 0.29) is 11.1 Å². The van der Waals surface area contributed by atoms with E-state index in [1.807, 2.05) is 24.3 Å². The lowest BCUT2D eigenvalue weighted by atomic mass is 9.97. The zero-order valence-electron chi connectivity index (χ0n) is 19.2. The summed E-state index contributed by atoms with van der Waals surface area (Å²) in [6, 6.07) is 6.79. The highest BCUT2D eigenvalue weighted by Crippen LogP contribution is 2.50. The Bertz CT molecular complexity index is 1100. The number of imide groups is 1. The van der Waals surface area contributed by atoms with Crippen molar-refractivity contribution in [2.75, 3.05) is 6.54 Å². The topological polar surface area (TPSA) is 76.2 Å². The molecule has 7 nitrogen and oxygen atoms in total. The number of alkyl halides is 3. The Labute approximate surface area is 194 Å². The lowest BCUT2D eigenvalue weighted by Gasteiger charge is -2.27. The minimum Gasteiger partial charge on any atom is -0.474 e. The van der Waals surface area contributed by atoms with Gasteiger partial charge in [0, 0.05) is 11.5 Å². The van der Waals surface area contributed by atoms with Crippen LogP contribution in [0.15, 0.2) is 47.7 Å². The lowest BCUT2D eigenvalue weighted by Crippen LogP contribution is -2.42. The first kappa shape index (κ1) is 23.8. The number of hydrogen-bond donors (Lipinski definition) is 0. The van der Waals surface area contributed by atoms with Gasteiger partial charge in [0.2, 0.25) is 0 Å². The van der Waals surface area contributed by atoms with E-state index in [4.69, 9.17) is 9.47 Å². The maximum absolute atomic E-state index is 13.3. The molecular weight excluding hydrogens is 453 g/mol. The quantitative estimate of drug-likeness (QED) is 0.480. The van der Waals surface area contributed by atoms with Gasteiger partial charge in [0.25, 0.3) is 11.8 Å². The molecule has 1 fully saturated rings. The molecule has 3 atom stereocenters. The molecule has 34 heavy (non-hydrogen) atoms. The molecule has 2 aliphatic heterocycles. The minimum atomic E-state index is -4.61. The van der Waals surface area contributed by atoms with Crippen LogP contribution in [0, 0.1) is 5.92 Å². The Kier molecular flexibility index (Phi) is 5.73. The summed E-state index contributed by atoms with van der Waals surface area (Å²) in [7, 11) is 0. The first-order valence-corrected chi connectivity index (χ1v) is 10.8. The Morgan fingerprint density at radius 3 is 2.47 bits per heavy atom. The van der Waals surface area contributed by atoms with Crippen LogP contribution < -0.4 is 0 Å². The molecule has 2 heterocycles. The number of rotatable bonds is 3. The molecule has 0 saturated carbocycles. The van der Waals surface area contributed by atoms with Crippen molar-refractivity contribution in [3.63, 3.8) is 0 Å². The van der Waals surface area contributed by atoms with Crippen molar-refractivity contribution in [2.45, 2.75) is 58.2 Å². The maximum Gasteiger partial charge on any atom is 0.417 e. The van der Waals surface area contributed by atoms with Gasteiger partial charge in [-0.2, -0.15) is 13.2 Å². The summed E-state index contributed by atoms with van der Waals surface area (Å²) < 4.78 is 50.0. The molecular formula is C24H25F3N2O5. The summed E-state index contributed by atoms with van der Waals surface area (Å²) in [4.78, 5) is 40.0. The lowest BCUT2D eigenvalue weighted by molar-refractivity contribution is -0.169. The number of ether oxygens (including phenoxy) is 2. The second-order valence-electron chi connectivity index (χ2n) is 9.61. The van der Waals surface area contributed by atoms with Gasteiger partial charge in [-0.1, -0.05) is 24.3 Å². The second kappa shape index (κ2) is 8.18. The predicted octanol–water partition coefficient (Wildman–Crippen LogP) is 4.25. The third-order valence-corrected chi connectivity index (χ3v) is 5.91. The van der Waals surface area contributed by atoms with Crippen LogP contribution in [0.5, 0.6) is 0 Å². The van der Waals surface area contributed by atoms with E-state index in [1.54, 1.807) is 20.8 Å². The van der Waals surface area contributed by atoms with Crippen LogP contribution in [0.4, 0.5) is 18.0 Å². The Morgan fingerprint density at radius 2 is 1.82 bits per heavy atom. The van der Waals surface area contributed by atoms with Gasteiger partial charge in [-0.3, -0.25) is 14.5 Å². The number of nitrogens with zero attached hydrogens (tertiary/aromatic N) is 2. The van der Waals surface area contributed by atoms with E-state index in [0.717, 1.165) is 22.3 Å². The third kappa shape index (κ3) is 4.41. The fourth-order valence-electron chi connectivity index (χ4n) is 4.57. The van der Waals surface area contributed by atoms with Gasteiger partial charge < -0.3 is 9.47 Å². The highest BCUT2D eigenvalue weighted by molar-refractivity contribution is 6.06. The third-order valence-electron chi connectivity index (χ3n) is 5.91. The average Bonchev–Trinajstić information content (AvgIpc) is 3.28. The Morgan fingerprint density at radius 1 is 1.15 bits per heavy atom. The van der Waals surface area contributed by atoms with Gasteiger partial charge in [0.15, 0.2) is 6.23 Å². The van der Waals surface area contributed by atoms with Crippen LogP contribution in [0.1, 0.15) is 44.9 Å². The molecule has 1 aromatic rings. The van der Waals surface area contributed by atoms with Gasteiger partial charge in [0.05, 0.1) is 17.9 Å². The minimum absolute atomic E-state index is 0.118. The monoisotopic (exact) mass is 478 g/mol. The number of carbonyl (C=O) groups is 3. The van der Waals surface area contributed by atoms with Crippen LogP contribution in [-0.4, -0.2) is 52.3 Å². The van der Waals surface area contributed by atoms with Gasteiger partial charge in [-0.15, -0.1) is 0 Å². The van der Waals surface area contributed by atoms with Gasteiger partial charge in [0.1, 0.15) is 12.1 Å². The maximum atomic E-state index is 13.3. The van der Waals surface area contributed by atoms with Crippen molar-refractivity contribution in [1.82, 2.24) is 9.80 Å². The number of likely N-dealkylation sites (tertiary alicyclic amines) is 1. The summed E-state index contributed by atoms with van der Waals surface area (Å²) in [5, 5.41) is 0. The number of amides is 3. The summed E-state index contributed by atoms with van der Waals surface area (Å²) >= 11 is 0. The fraction of sp³-hybridized carbons (Fsp3) is 0.458. The number of fused-ring (bicyclic) bond motifs is 3. The summed E-state index contributed by atoms with van der Waals surface area (Å²) in [6.07, 6.45) is -3.92. The molecule has 0 bridgehead atoms. The second-order valence-corrected chi connectivity index (χ2v) is 9.61. The van der Waals surface area contributed by atoms with Crippen LogP contribution in [0.2, 0.25) is 0 Å². The number of halogens is 3. The fourth-order valence-corrected chi connectivity index (χ4v) is 4.57. The molecule has 1 aromatic carbocycles. The first-order chi connectivity index (χ1) is 15.8. The van der Waals surface area contributed by atoms with Crippen molar-refractivity contribution in [3.8, 4) is 0 Å². The zero-order valence-corrected chi connectivity index (χ0v) is 19.2. The van der Waals surface area contributed by atoms with Crippen LogP contribution in [-0.2, 0) is 25.5 Å². The van der Waals surface area contributed by atoms with E-state index < -0.39 is 54.4 Å². The van der Waals surface area contributed by atoms with Crippen molar-refractivity contribution in [2.24, 2.45) is 5.92 Å². The van der Waals surface area contributed by atoms with E-state index in [9.17, 15) is 27.6 Å². The zero-order chi connectivity index (χ0) is 25.0. The molecule has 182 valence electrons. The highest BCUT2D eigenvalue weighted by atomic mass is 19.4. The van der Waals surface area contributed by atoms with Crippen molar-refractivity contribution >= 4 is 17.9 Å². The number of hydrogen-bond acceptors (Lipinski definition) is 5. The van der Waals surface area contributed by atoms with E-state index in [0.29, 0.717) is 11.3 Å². The molecule has 0 N–H and O–H groups in total. The molecule has 4 rings (SSSR count). The smallest absolute Gasteiger partial charge is 0.417 e. The molecule has 3 unspecified atom stereocenters. The molecule has 1 aliphatic carbocycles. The molecule has 3 amide bonds. The predicted molar refractivity (Wildman–Crippen MR) is 114 cm³/mol. The van der Waals surface area contributed by atoms with Gasteiger partial charge in [-0.25, -0.2) is 9.69 Å². The summed E-state index contributed by atoms with van der Waals surface area (Å²) in [5.41, 5.74) is 1.19. The van der Waals surface area contributed by atoms with Crippen molar-refractivity contribution in [3.05, 3.63) is 58.9 Å². The van der Waals surface area contributed by atoms with E-state index in [1.165, 1.54) is 13.0 Å². The van der Waals surface area contributed by atoms with Gasteiger partial charge >= 0.3 is 12.3 Å². The number of benzene rings is 1. The SMILES string of the molecule is CC1=CC(O/C=C2/C(=O)N(C(=O)OC(C)(C)C)C3c4ccccc4CC23)N(CC(F)(F)F)C1=O. The Balaban J connectivity index is 1.65. The molecule has 0 radical (unpaired) electrons. The van der Waals surface area contributed by atoms with Crippen LogP contribution in [0.3, 0.4) is 0 Å². The molecule has 3 aliphatic rings. The standard InChI is InChI=1S/C24H25F3N2O5/c1-13-9-18(28(20(13)30)12-24(25,26)27)33-11-17-16-10-14-7-5-6-8-15(14)19(16)29(21(17)31)22(32)34-23(2,3)4/h5-9,11,16,18-19H,10,12H2,1-4H3/b17-11+. The number of carbonyl (C=O) groups excluding carboxylic acids is 3. The molecule has 1 saturated heterocycles. The normalized spacial score (nSPS) is 25.6. The van der Waals surface area contributed by atoms with Crippen LogP contribution in [0.25, 0.3) is 0 Å². The highest BCUT2D eigenvalue weighted by Gasteiger charge is 2.53. The average molecular weight is 478 g/mol. The summed E-state index contributed by atoms with van der Waals surface area (Å²) in [6.45, 7) is 4.98. The molecule has 10 heteroatoms. The van der Waals surface area contributed by atoms with Crippen LogP contribution >= 0.6 is 0 Å². The van der Waals surface area contributed by atoms with Gasteiger partial charge in [-0.05, 0) is 51.3 Å². The van der Waals surface area contributed by atoms with Crippen molar-refractivity contribution in [1.29, 1.82) is 0 Å². The first-order valence-electron chi connectivity index (χ1n) is 10.8. The Hall–Kier alpha value is -3.30. The largest absolute Gasteiger partial charge is 0.474 e. The molecule has 0 aromatic heterocycles. The van der Waals surface area contributed by atoms with E-state index in [2.05, 4.69) is 0 Å². The molecule has 0 spiro atoms.